The van der Waals surface area contributed by atoms with E-state index in [0.717, 1.165) is 29.9 Å². The Hall–Kier alpha value is -1.22. The van der Waals surface area contributed by atoms with Gasteiger partial charge in [-0.05, 0) is 56.3 Å². The maximum atomic E-state index is 5.64. The zero-order valence-electron chi connectivity index (χ0n) is 11.7. The molecule has 2 aliphatic rings. The Morgan fingerprint density at radius 3 is 2.84 bits per heavy atom. The number of ether oxygens (including phenoxy) is 2. The van der Waals surface area contributed by atoms with E-state index in [0.29, 0.717) is 13.2 Å². The lowest BCUT2D eigenvalue weighted by Crippen LogP contribution is -2.29. The summed E-state index contributed by atoms with van der Waals surface area (Å²) in [6, 6.07) is 7.10. The van der Waals surface area contributed by atoms with Gasteiger partial charge in [-0.2, -0.15) is 0 Å². The lowest BCUT2D eigenvalue weighted by molar-refractivity contribution is 0.171. The summed E-state index contributed by atoms with van der Waals surface area (Å²) in [6.45, 7) is 1.33. The highest BCUT2D eigenvalue weighted by atomic mass is 16.6. The van der Waals surface area contributed by atoms with Gasteiger partial charge in [0.1, 0.15) is 13.2 Å². The molecule has 2 unspecified atom stereocenters. The molecule has 3 rings (SSSR count). The van der Waals surface area contributed by atoms with Crippen molar-refractivity contribution in [2.24, 2.45) is 5.92 Å². The molecule has 1 aromatic carbocycles. The molecule has 104 valence electrons. The molecule has 1 fully saturated rings. The highest BCUT2D eigenvalue weighted by Crippen LogP contribution is 2.33. The van der Waals surface area contributed by atoms with Gasteiger partial charge < -0.3 is 14.8 Å². The van der Waals surface area contributed by atoms with Crippen molar-refractivity contribution in [3.63, 3.8) is 0 Å². The first-order chi connectivity index (χ1) is 9.36. The van der Waals surface area contributed by atoms with Crippen molar-refractivity contribution in [3.05, 3.63) is 23.8 Å². The van der Waals surface area contributed by atoms with Crippen LogP contribution in [0.15, 0.2) is 18.2 Å². The Balaban J connectivity index is 1.60. The third kappa shape index (κ3) is 2.86. The second-order valence-electron chi connectivity index (χ2n) is 5.60. The number of hydrogen-bond acceptors (Lipinski definition) is 3. The van der Waals surface area contributed by atoms with E-state index in [-0.39, 0.29) is 0 Å². The quantitative estimate of drug-likeness (QED) is 0.904. The Morgan fingerprint density at radius 2 is 2.00 bits per heavy atom. The summed E-state index contributed by atoms with van der Waals surface area (Å²) in [7, 11) is 2.09. The van der Waals surface area contributed by atoms with Crippen LogP contribution in [-0.2, 0) is 6.42 Å². The zero-order valence-corrected chi connectivity index (χ0v) is 11.7. The molecule has 0 spiro atoms. The van der Waals surface area contributed by atoms with Crippen LogP contribution in [-0.4, -0.2) is 26.3 Å². The van der Waals surface area contributed by atoms with Gasteiger partial charge in [0.25, 0.3) is 0 Å². The van der Waals surface area contributed by atoms with Crippen LogP contribution in [0, 0.1) is 5.92 Å². The Kier molecular flexibility index (Phi) is 3.92. The van der Waals surface area contributed by atoms with Crippen LogP contribution in [0.4, 0.5) is 0 Å². The van der Waals surface area contributed by atoms with E-state index in [4.69, 9.17) is 9.47 Å². The van der Waals surface area contributed by atoms with E-state index < -0.39 is 0 Å². The molecule has 1 saturated carbocycles. The average Bonchev–Trinajstić information content (AvgIpc) is 2.92. The number of nitrogens with one attached hydrogen (secondary N) is 1. The van der Waals surface area contributed by atoms with Gasteiger partial charge in [-0.25, -0.2) is 0 Å². The number of rotatable bonds is 4. The molecule has 0 radical (unpaired) electrons. The van der Waals surface area contributed by atoms with E-state index in [1.807, 2.05) is 6.07 Å². The minimum Gasteiger partial charge on any atom is -0.486 e. The number of benzene rings is 1. The van der Waals surface area contributed by atoms with Gasteiger partial charge in [0.15, 0.2) is 11.5 Å². The van der Waals surface area contributed by atoms with Gasteiger partial charge in [-0.15, -0.1) is 0 Å². The highest BCUT2D eigenvalue weighted by Gasteiger charge is 2.25. The van der Waals surface area contributed by atoms with Crippen LogP contribution in [0.1, 0.15) is 31.2 Å². The van der Waals surface area contributed by atoms with Crippen molar-refractivity contribution in [1.82, 2.24) is 5.32 Å². The minimum atomic E-state index is 0.665. The predicted molar refractivity (Wildman–Crippen MR) is 75.9 cm³/mol. The Labute approximate surface area is 115 Å². The molecule has 1 aliphatic carbocycles. The largest absolute Gasteiger partial charge is 0.486 e. The van der Waals surface area contributed by atoms with E-state index in [1.54, 1.807) is 0 Å². The van der Waals surface area contributed by atoms with Crippen molar-refractivity contribution < 1.29 is 9.47 Å². The smallest absolute Gasteiger partial charge is 0.161 e. The second kappa shape index (κ2) is 5.83. The molecule has 1 aliphatic heterocycles. The molecule has 0 aromatic heterocycles. The van der Waals surface area contributed by atoms with E-state index in [1.165, 1.54) is 31.2 Å². The van der Waals surface area contributed by atoms with Crippen LogP contribution in [0.3, 0.4) is 0 Å². The topological polar surface area (TPSA) is 30.5 Å². The van der Waals surface area contributed by atoms with Crippen LogP contribution in [0.25, 0.3) is 0 Å². The number of fused-ring (bicyclic) bond motifs is 1. The van der Waals surface area contributed by atoms with Gasteiger partial charge in [-0.1, -0.05) is 12.5 Å². The van der Waals surface area contributed by atoms with Gasteiger partial charge in [0.2, 0.25) is 0 Å². The molecule has 3 heteroatoms. The van der Waals surface area contributed by atoms with Crippen molar-refractivity contribution in [1.29, 1.82) is 0 Å². The maximum Gasteiger partial charge on any atom is 0.161 e. The molecule has 1 heterocycles. The monoisotopic (exact) mass is 261 g/mol. The van der Waals surface area contributed by atoms with Crippen LogP contribution >= 0.6 is 0 Å². The van der Waals surface area contributed by atoms with Gasteiger partial charge >= 0.3 is 0 Å². The lowest BCUT2D eigenvalue weighted by atomic mass is 9.95. The molecule has 1 N–H and O–H groups in total. The summed E-state index contributed by atoms with van der Waals surface area (Å²) >= 11 is 0. The Morgan fingerprint density at radius 1 is 1.16 bits per heavy atom. The van der Waals surface area contributed by atoms with Crippen molar-refractivity contribution in [3.8, 4) is 11.5 Å². The van der Waals surface area contributed by atoms with E-state index in [9.17, 15) is 0 Å². The third-order valence-corrected chi connectivity index (χ3v) is 4.44. The summed E-state index contributed by atoms with van der Waals surface area (Å²) in [4.78, 5) is 0. The molecule has 1 aromatic rings. The lowest BCUT2D eigenvalue weighted by Gasteiger charge is -2.20. The van der Waals surface area contributed by atoms with E-state index in [2.05, 4.69) is 24.5 Å². The summed E-state index contributed by atoms with van der Waals surface area (Å²) in [5.41, 5.74) is 1.37. The van der Waals surface area contributed by atoms with Crippen LogP contribution in [0.5, 0.6) is 11.5 Å². The fourth-order valence-corrected chi connectivity index (χ4v) is 3.36. The number of hydrogen-bond donors (Lipinski definition) is 1. The third-order valence-electron chi connectivity index (χ3n) is 4.44. The zero-order chi connectivity index (χ0) is 13.1. The maximum absolute atomic E-state index is 5.64. The normalized spacial score (nSPS) is 25.5. The van der Waals surface area contributed by atoms with Crippen molar-refractivity contribution >= 4 is 0 Å². The average molecular weight is 261 g/mol. The summed E-state index contributed by atoms with van der Waals surface area (Å²) in [5.74, 6) is 2.64. The highest BCUT2D eigenvalue weighted by molar-refractivity contribution is 5.43. The van der Waals surface area contributed by atoms with Gasteiger partial charge in [0, 0.05) is 6.04 Å². The van der Waals surface area contributed by atoms with Crippen LogP contribution in [0.2, 0.25) is 0 Å². The van der Waals surface area contributed by atoms with Gasteiger partial charge in [-0.3, -0.25) is 0 Å². The Bertz CT molecular complexity index is 433. The molecule has 2 atom stereocenters. The first kappa shape index (κ1) is 12.8. The number of aryl methyl sites for hydroxylation is 1. The summed E-state index contributed by atoms with van der Waals surface area (Å²) in [6.07, 6.45) is 6.49. The van der Waals surface area contributed by atoms with Crippen molar-refractivity contribution in [2.45, 2.75) is 38.1 Å². The van der Waals surface area contributed by atoms with Gasteiger partial charge in [0.05, 0.1) is 0 Å². The first-order valence-electron chi connectivity index (χ1n) is 7.42. The fraction of sp³-hybridized carbons (Fsp3) is 0.625. The SMILES string of the molecule is CNC1CCCC1CCc1ccc2c(c1)OCCO2. The van der Waals surface area contributed by atoms with Crippen LogP contribution < -0.4 is 14.8 Å². The molecule has 3 nitrogen and oxygen atoms in total. The molecular formula is C16H23NO2. The molecule has 0 saturated heterocycles. The molecule has 19 heavy (non-hydrogen) atoms. The minimum absolute atomic E-state index is 0.665. The molecular weight excluding hydrogens is 238 g/mol. The first-order valence-corrected chi connectivity index (χ1v) is 7.42. The van der Waals surface area contributed by atoms with E-state index >= 15 is 0 Å². The summed E-state index contributed by atoms with van der Waals surface area (Å²) in [5, 5.41) is 3.46. The fourth-order valence-electron chi connectivity index (χ4n) is 3.36. The second-order valence-corrected chi connectivity index (χ2v) is 5.60. The standard InChI is InChI=1S/C16H23NO2/c1-17-14-4-2-3-13(14)7-5-12-6-8-15-16(11-12)19-10-9-18-15/h6,8,11,13-14,17H,2-5,7,9-10H2,1H3. The molecule has 0 bridgehead atoms. The predicted octanol–water partition coefficient (Wildman–Crippen LogP) is 2.78. The van der Waals surface area contributed by atoms with Crippen molar-refractivity contribution in [2.75, 3.05) is 20.3 Å². The molecule has 0 amide bonds. The summed E-state index contributed by atoms with van der Waals surface area (Å²) < 4.78 is 11.2.